The van der Waals surface area contributed by atoms with Gasteiger partial charge >= 0.3 is 0 Å². The quantitative estimate of drug-likeness (QED) is 0.677. The molecule has 124 valence electrons. The van der Waals surface area contributed by atoms with Crippen LogP contribution in [0, 0.1) is 10.1 Å². The fraction of sp³-hybridized carbons (Fsp3) is 0.500. The van der Waals surface area contributed by atoms with E-state index in [0.717, 1.165) is 5.56 Å². The van der Waals surface area contributed by atoms with E-state index in [1.54, 1.807) is 32.1 Å². The number of ether oxygens (including phenoxy) is 2. The van der Waals surface area contributed by atoms with Crippen LogP contribution in [-0.4, -0.2) is 46.8 Å². The molecule has 0 unspecified atom stereocenters. The van der Waals surface area contributed by atoms with Crippen LogP contribution in [0.15, 0.2) is 30.0 Å². The second-order valence-corrected chi connectivity index (χ2v) is 6.33. The maximum absolute atomic E-state index is 11.1. The van der Waals surface area contributed by atoms with Crippen molar-refractivity contribution in [1.82, 2.24) is 4.90 Å². The van der Waals surface area contributed by atoms with Crippen LogP contribution >= 0.6 is 0 Å². The monoisotopic (exact) mass is 320 g/mol. The summed E-state index contributed by atoms with van der Waals surface area (Å²) in [5, 5.41) is 21.2. The van der Waals surface area contributed by atoms with Gasteiger partial charge in [-0.15, -0.1) is 0 Å². The van der Waals surface area contributed by atoms with Crippen molar-refractivity contribution in [2.75, 3.05) is 26.3 Å². The Labute approximate surface area is 134 Å². The van der Waals surface area contributed by atoms with Crippen molar-refractivity contribution in [2.24, 2.45) is 0 Å². The highest BCUT2D eigenvalue weighted by molar-refractivity contribution is 5.52. The van der Waals surface area contributed by atoms with E-state index in [-0.39, 0.29) is 11.7 Å². The average Bonchev–Trinajstić information content (AvgIpc) is 2.82. The molecular weight excluding hydrogens is 300 g/mol. The summed E-state index contributed by atoms with van der Waals surface area (Å²) in [6.45, 7) is 5.97. The summed E-state index contributed by atoms with van der Waals surface area (Å²) in [4.78, 5) is 12.8. The minimum Gasteiger partial charge on any atom is -0.460 e. The molecule has 1 aromatic carbocycles. The molecule has 0 radical (unpaired) electrons. The van der Waals surface area contributed by atoms with Crippen LogP contribution < -0.4 is 4.74 Å². The molecule has 23 heavy (non-hydrogen) atoms. The lowest BCUT2D eigenvalue weighted by molar-refractivity contribution is -0.384. The van der Waals surface area contributed by atoms with Crippen LogP contribution in [0.1, 0.15) is 25.5 Å². The Hall–Kier alpha value is -1.96. The first kappa shape index (κ1) is 15.9. The Balaban J connectivity index is 2.04. The van der Waals surface area contributed by atoms with Crippen molar-refractivity contribution < 1.29 is 19.5 Å². The molecule has 1 aromatic rings. The molecule has 2 heterocycles. The van der Waals surface area contributed by atoms with Crippen LogP contribution in [0.5, 0.6) is 5.75 Å². The number of aliphatic hydroxyl groups is 1. The molecule has 0 saturated carbocycles. The Bertz CT molecular complexity index is 644. The average molecular weight is 320 g/mol. The smallest absolute Gasteiger partial charge is 0.270 e. The van der Waals surface area contributed by atoms with Gasteiger partial charge in [-0.3, -0.25) is 15.0 Å². The first-order valence-corrected chi connectivity index (χ1v) is 7.58. The van der Waals surface area contributed by atoms with Crippen molar-refractivity contribution in [2.45, 2.75) is 25.5 Å². The molecule has 1 N–H and O–H groups in total. The number of nitro benzene ring substituents is 1. The van der Waals surface area contributed by atoms with E-state index in [4.69, 9.17) is 9.47 Å². The highest BCUT2D eigenvalue weighted by atomic mass is 16.6. The molecule has 1 atom stereocenters. The van der Waals surface area contributed by atoms with Gasteiger partial charge in [-0.1, -0.05) is 0 Å². The van der Waals surface area contributed by atoms with E-state index in [9.17, 15) is 15.2 Å². The molecule has 0 amide bonds. The molecule has 0 aromatic heterocycles. The van der Waals surface area contributed by atoms with Crippen molar-refractivity contribution in [3.8, 4) is 5.75 Å². The fourth-order valence-electron chi connectivity index (χ4n) is 2.96. The number of benzene rings is 1. The maximum atomic E-state index is 11.1. The lowest BCUT2D eigenvalue weighted by Crippen LogP contribution is -2.39. The minimum atomic E-state index is -1.03. The third-order valence-electron chi connectivity index (χ3n) is 3.90. The summed E-state index contributed by atoms with van der Waals surface area (Å²) in [5.74, 6) is 1.21. The fourth-order valence-corrected chi connectivity index (χ4v) is 2.96. The summed E-state index contributed by atoms with van der Waals surface area (Å²) >= 11 is 0. The lowest BCUT2D eigenvalue weighted by atomic mass is 10.0. The van der Waals surface area contributed by atoms with Crippen LogP contribution in [-0.2, 0) is 4.74 Å². The molecule has 3 rings (SSSR count). The molecule has 7 heteroatoms. The highest BCUT2D eigenvalue weighted by Crippen LogP contribution is 2.45. The number of morpholine rings is 1. The van der Waals surface area contributed by atoms with E-state index >= 15 is 0 Å². The zero-order chi connectivity index (χ0) is 16.6. The van der Waals surface area contributed by atoms with E-state index in [1.165, 1.54) is 6.07 Å². The van der Waals surface area contributed by atoms with Gasteiger partial charge in [0, 0.05) is 30.8 Å². The lowest BCUT2D eigenvalue weighted by Gasteiger charge is -2.32. The first-order valence-electron chi connectivity index (χ1n) is 7.58. The summed E-state index contributed by atoms with van der Waals surface area (Å²) in [5.41, 5.74) is -0.236. The number of nitro groups is 1. The topological polar surface area (TPSA) is 85.1 Å². The summed E-state index contributed by atoms with van der Waals surface area (Å²) in [6.07, 6.45) is 1.67. The number of nitrogens with zero attached hydrogens (tertiary/aromatic N) is 2. The summed E-state index contributed by atoms with van der Waals surface area (Å²) < 4.78 is 11.3. The molecule has 1 fully saturated rings. The second kappa shape index (κ2) is 5.92. The van der Waals surface area contributed by atoms with E-state index in [2.05, 4.69) is 4.90 Å². The number of rotatable bonds is 3. The number of fused-ring (bicyclic) bond motifs is 1. The molecule has 2 aliphatic rings. The van der Waals surface area contributed by atoms with E-state index in [1.807, 2.05) is 0 Å². The molecule has 7 nitrogen and oxygen atoms in total. The summed E-state index contributed by atoms with van der Waals surface area (Å²) in [7, 11) is 0. The van der Waals surface area contributed by atoms with Gasteiger partial charge in [-0.25, -0.2) is 0 Å². The molecule has 2 aliphatic heterocycles. The van der Waals surface area contributed by atoms with Crippen molar-refractivity contribution in [3.05, 3.63) is 45.7 Å². The van der Waals surface area contributed by atoms with Gasteiger partial charge in [-0.05, 0) is 26.0 Å². The number of hydrogen-bond donors (Lipinski definition) is 1. The third-order valence-corrected chi connectivity index (χ3v) is 3.90. The molecular formula is C16H20N2O5. The zero-order valence-corrected chi connectivity index (χ0v) is 13.2. The second-order valence-electron chi connectivity index (χ2n) is 6.33. The highest BCUT2D eigenvalue weighted by Gasteiger charge is 2.37. The number of non-ortho nitro benzene ring substituents is 1. The molecule has 0 bridgehead atoms. The van der Waals surface area contributed by atoms with Gasteiger partial charge in [0.2, 0.25) is 0 Å². The summed E-state index contributed by atoms with van der Waals surface area (Å²) in [6, 6.07) is 4.37. The minimum absolute atomic E-state index is 0.0371. The Morgan fingerprint density at radius 3 is 2.70 bits per heavy atom. The molecule has 0 spiro atoms. The van der Waals surface area contributed by atoms with Gasteiger partial charge in [0.15, 0.2) is 0 Å². The van der Waals surface area contributed by atoms with E-state index < -0.39 is 10.5 Å². The van der Waals surface area contributed by atoms with Crippen LogP contribution in [0.3, 0.4) is 0 Å². The standard InChI is InChI=1S/C16H20N2O5/c1-16(2,19)10-14-15(17-5-7-22-8-6-17)12-9-11(18(20)21)3-4-13(12)23-14/h3-4,9-10,15,19H,5-8H2,1-2H3/b14-10-/t15-/m1/s1. The zero-order valence-electron chi connectivity index (χ0n) is 13.2. The maximum Gasteiger partial charge on any atom is 0.270 e. The van der Waals surface area contributed by atoms with Gasteiger partial charge < -0.3 is 14.6 Å². The van der Waals surface area contributed by atoms with Gasteiger partial charge in [0.1, 0.15) is 11.5 Å². The number of hydrogen-bond acceptors (Lipinski definition) is 6. The van der Waals surface area contributed by atoms with Crippen molar-refractivity contribution in [1.29, 1.82) is 0 Å². The molecule has 0 aliphatic carbocycles. The van der Waals surface area contributed by atoms with Crippen molar-refractivity contribution in [3.63, 3.8) is 0 Å². The van der Waals surface area contributed by atoms with Crippen molar-refractivity contribution >= 4 is 5.69 Å². The predicted molar refractivity (Wildman–Crippen MR) is 83.2 cm³/mol. The SMILES string of the molecule is CC(C)(O)/C=C1\Oc2ccc([N+](=O)[O-])cc2[C@H]1N1CCOCC1. The van der Waals surface area contributed by atoms with Gasteiger partial charge in [-0.2, -0.15) is 0 Å². The Kier molecular flexibility index (Phi) is 4.09. The first-order chi connectivity index (χ1) is 10.8. The van der Waals surface area contributed by atoms with E-state index in [0.29, 0.717) is 37.8 Å². The van der Waals surface area contributed by atoms with Crippen LogP contribution in [0.4, 0.5) is 5.69 Å². The van der Waals surface area contributed by atoms with Gasteiger partial charge in [0.25, 0.3) is 5.69 Å². The predicted octanol–water partition coefficient (Wildman–Crippen LogP) is 2.02. The largest absolute Gasteiger partial charge is 0.460 e. The van der Waals surface area contributed by atoms with Crippen LogP contribution in [0.25, 0.3) is 0 Å². The van der Waals surface area contributed by atoms with Gasteiger partial charge in [0.05, 0.1) is 29.8 Å². The molecule has 1 saturated heterocycles. The van der Waals surface area contributed by atoms with Crippen LogP contribution in [0.2, 0.25) is 0 Å². The Morgan fingerprint density at radius 2 is 2.09 bits per heavy atom. The Morgan fingerprint density at radius 1 is 1.39 bits per heavy atom. The third kappa shape index (κ3) is 3.36. The normalized spacial score (nSPS) is 23.6.